The second-order valence-corrected chi connectivity index (χ2v) is 3.93. The highest BCUT2D eigenvalue weighted by Gasteiger charge is 2.12. The van der Waals surface area contributed by atoms with Gasteiger partial charge in [-0.15, -0.1) is 16.8 Å². The van der Waals surface area contributed by atoms with Crippen LogP contribution in [0.1, 0.15) is 0 Å². The van der Waals surface area contributed by atoms with Crippen molar-refractivity contribution < 1.29 is 4.42 Å². The minimum Gasteiger partial charge on any atom is -0.461 e. The molecule has 0 unspecified atom stereocenters. The standard InChI is InChI=1S/C10H11N3OS/c1-3-7-15-10-12-11-9(13(10)2)8-5-4-6-14-8/h3-6H,1,7H2,2H3. The SMILES string of the molecule is C=CCSc1nnc(-c2ccco2)n1C. The summed E-state index contributed by atoms with van der Waals surface area (Å²) in [6.45, 7) is 3.67. The first-order chi connectivity index (χ1) is 7.33. The second kappa shape index (κ2) is 4.35. The Kier molecular flexibility index (Phi) is 2.91. The highest BCUT2D eigenvalue weighted by molar-refractivity contribution is 7.99. The lowest BCUT2D eigenvalue weighted by Gasteiger charge is -1.99. The lowest BCUT2D eigenvalue weighted by Crippen LogP contribution is -1.93. The van der Waals surface area contributed by atoms with Gasteiger partial charge in [0.05, 0.1) is 6.26 Å². The minimum absolute atomic E-state index is 0.732. The molecule has 78 valence electrons. The fraction of sp³-hybridized carbons (Fsp3) is 0.200. The Bertz CT molecular complexity index is 447. The molecule has 2 aromatic heterocycles. The molecule has 2 rings (SSSR count). The van der Waals surface area contributed by atoms with Crippen LogP contribution in [0.2, 0.25) is 0 Å². The number of hydrogen-bond donors (Lipinski definition) is 0. The molecular weight excluding hydrogens is 210 g/mol. The van der Waals surface area contributed by atoms with Crippen LogP contribution in [0.5, 0.6) is 0 Å². The van der Waals surface area contributed by atoms with Gasteiger partial charge in [-0.2, -0.15) is 0 Å². The quantitative estimate of drug-likeness (QED) is 0.587. The Balaban J connectivity index is 2.27. The predicted molar refractivity (Wildman–Crippen MR) is 59.6 cm³/mol. The largest absolute Gasteiger partial charge is 0.461 e. The summed E-state index contributed by atoms with van der Waals surface area (Å²) in [5.74, 6) is 2.30. The van der Waals surface area contributed by atoms with Crippen molar-refractivity contribution in [2.24, 2.45) is 7.05 Å². The van der Waals surface area contributed by atoms with E-state index in [9.17, 15) is 0 Å². The molecule has 5 heteroatoms. The van der Waals surface area contributed by atoms with Crippen LogP contribution in [0.4, 0.5) is 0 Å². The zero-order chi connectivity index (χ0) is 10.7. The summed E-state index contributed by atoms with van der Waals surface area (Å²) in [6, 6.07) is 3.70. The van der Waals surface area contributed by atoms with E-state index in [1.807, 2.05) is 29.8 Å². The van der Waals surface area contributed by atoms with Crippen LogP contribution in [0.15, 0.2) is 40.6 Å². The lowest BCUT2D eigenvalue weighted by molar-refractivity contribution is 0.572. The monoisotopic (exact) mass is 221 g/mol. The van der Waals surface area contributed by atoms with Gasteiger partial charge in [-0.25, -0.2) is 0 Å². The number of thioether (sulfide) groups is 1. The fourth-order valence-electron chi connectivity index (χ4n) is 1.19. The highest BCUT2D eigenvalue weighted by atomic mass is 32.2. The van der Waals surface area contributed by atoms with Gasteiger partial charge in [-0.3, -0.25) is 0 Å². The van der Waals surface area contributed by atoms with E-state index in [1.165, 1.54) is 0 Å². The third kappa shape index (κ3) is 1.97. The van der Waals surface area contributed by atoms with Crippen LogP contribution >= 0.6 is 11.8 Å². The Morgan fingerprint density at radius 2 is 2.47 bits per heavy atom. The Morgan fingerprint density at radius 3 is 3.13 bits per heavy atom. The first kappa shape index (κ1) is 10.0. The van der Waals surface area contributed by atoms with Gasteiger partial charge in [-0.1, -0.05) is 17.8 Å². The van der Waals surface area contributed by atoms with Crippen LogP contribution in [-0.2, 0) is 7.05 Å². The highest BCUT2D eigenvalue weighted by Crippen LogP contribution is 2.22. The average Bonchev–Trinajstić information content (AvgIpc) is 2.84. The van der Waals surface area contributed by atoms with E-state index in [4.69, 9.17) is 4.42 Å². The molecule has 0 aliphatic heterocycles. The van der Waals surface area contributed by atoms with Crippen molar-refractivity contribution in [3.63, 3.8) is 0 Å². The number of rotatable bonds is 4. The van der Waals surface area contributed by atoms with Crippen molar-refractivity contribution in [1.29, 1.82) is 0 Å². The van der Waals surface area contributed by atoms with Gasteiger partial charge in [0.25, 0.3) is 0 Å². The van der Waals surface area contributed by atoms with Crippen molar-refractivity contribution in [1.82, 2.24) is 14.8 Å². The van der Waals surface area contributed by atoms with E-state index in [-0.39, 0.29) is 0 Å². The Hall–Kier alpha value is -1.49. The second-order valence-electron chi connectivity index (χ2n) is 2.94. The van der Waals surface area contributed by atoms with E-state index < -0.39 is 0 Å². The van der Waals surface area contributed by atoms with E-state index >= 15 is 0 Å². The zero-order valence-corrected chi connectivity index (χ0v) is 9.20. The first-order valence-electron chi connectivity index (χ1n) is 4.50. The van der Waals surface area contributed by atoms with E-state index in [1.54, 1.807) is 18.0 Å². The summed E-state index contributed by atoms with van der Waals surface area (Å²) in [6.07, 6.45) is 3.46. The minimum atomic E-state index is 0.732. The maximum absolute atomic E-state index is 5.27. The van der Waals surface area contributed by atoms with Crippen LogP contribution in [0.25, 0.3) is 11.6 Å². The van der Waals surface area contributed by atoms with Gasteiger partial charge in [0, 0.05) is 12.8 Å². The first-order valence-corrected chi connectivity index (χ1v) is 5.48. The summed E-state index contributed by atoms with van der Waals surface area (Å²) in [4.78, 5) is 0. The molecule has 0 aliphatic rings. The van der Waals surface area contributed by atoms with Crippen molar-refractivity contribution in [2.45, 2.75) is 5.16 Å². The topological polar surface area (TPSA) is 43.9 Å². The van der Waals surface area contributed by atoms with Crippen molar-refractivity contribution in [3.8, 4) is 11.6 Å². The molecule has 0 saturated carbocycles. The van der Waals surface area contributed by atoms with Gasteiger partial charge >= 0.3 is 0 Å². The molecule has 15 heavy (non-hydrogen) atoms. The van der Waals surface area contributed by atoms with Crippen LogP contribution in [-0.4, -0.2) is 20.5 Å². The molecule has 0 N–H and O–H groups in total. The predicted octanol–water partition coefficient (Wildman–Crippen LogP) is 2.35. The van der Waals surface area contributed by atoms with Crippen molar-refractivity contribution >= 4 is 11.8 Å². The third-order valence-corrected chi connectivity index (χ3v) is 2.92. The molecule has 0 radical (unpaired) electrons. The Labute approximate surface area is 92.0 Å². The van der Waals surface area contributed by atoms with Gasteiger partial charge in [0.15, 0.2) is 16.7 Å². The average molecular weight is 221 g/mol. The van der Waals surface area contributed by atoms with E-state index in [2.05, 4.69) is 16.8 Å². The normalized spacial score (nSPS) is 10.5. The van der Waals surface area contributed by atoms with E-state index in [0.717, 1.165) is 22.5 Å². The molecule has 2 heterocycles. The molecule has 4 nitrogen and oxygen atoms in total. The van der Waals surface area contributed by atoms with Gasteiger partial charge < -0.3 is 8.98 Å². The van der Waals surface area contributed by atoms with Crippen molar-refractivity contribution in [2.75, 3.05) is 5.75 Å². The molecule has 0 atom stereocenters. The smallest absolute Gasteiger partial charge is 0.200 e. The van der Waals surface area contributed by atoms with Gasteiger partial charge in [-0.05, 0) is 12.1 Å². The van der Waals surface area contributed by atoms with Crippen LogP contribution in [0.3, 0.4) is 0 Å². The molecule has 0 aliphatic carbocycles. The van der Waals surface area contributed by atoms with Gasteiger partial charge in [0.1, 0.15) is 0 Å². The number of hydrogen-bond acceptors (Lipinski definition) is 4. The number of nitrogens with zero attached hydrogens (tertiary/aromatic N) is 3. The van der Waals surface area contributed by atoms with Crippen molar-refractivity contribution in [3.05, 3.63) is 31.1 Å². The summed E-state index contributed by atoms with van der Waals surface area (Å²) in [5.41, 5.74) is 0. The summed E-state index contributed by atoms with van der Waals surface area (Å²) >= 11 is 1.59. The van der Waals surface area contributed by atoms with Crippen LogP contribution < -0.4 is 0 Å². The maximum atomic E-state index is 5.27. The molecule has 0 aromatic carbocycles. The number of aromatic nitrogens is 3. The molecule has 0 saturated heterocycles. The summed E-state index contributed by atoms with van der Waals surface area (Å²) in [5, 5.41) is 9.01. The third-order valence-electron chi connectivity index (χ3n) is 1.91. The molecule has 0 fully saturated rings. The molecular formula is C10H11N3OS. The molecule has 2 aromatic rings. The van der Waals surface area contributed by atoms with Crippen LogP contribution in [0, 0.1) is 0 Å². The molecule has 0 spiro atoms. The zero-order valence-electron chi connectivity index (χ0n) is 8.38. The Morgan fingerprint density at radius 1 is 1.60 bits per heavy atom. The maximum Gasteiger partial charge on any atom is 0.200 e. The number of furan rings is 1. The summed E-state index contributed by atoms with van der Waals surface area (Å²) in [7, 11) is 1.92. The molecule has 0 amide bonds. The lowest BCUT2D eigenvalue weighted by atomic mass is 10.4. The van der Waals surface area contributed by atoms with Gasteiger partial charge in [0.2, 0.25) is 0 Å². The van der Waals surface area contributed by atoms with E-state index in [0.29, 0.717) is 0 Å². The molecule has 0 bridgehead atoms. The summed E-state index contributed by atoms with van der Waals surface area (Å²) < 4.78 is 7.18. The fourth-order valence-corrected chi connectivity index (χ4v) is 1.84.